The van der Waals surface area contributed by atoms with Gasteiger partial charge in [-0.25, -0.2) is 0 Å². The molecule has 0 spiro atoms. The number of piperidine rings is 1. The first-order chi connectivity index (χ1) is 19.2. The number of amides is 2. The first kappa shape index (κ1) is 30.2. The molecule has 7 heteroatoms. The maximum absolute atomic E-state index is 13.4. The van der Waals surface area contributed by atoms with Crippen LogP contribution >= 0.6 is 0 Å². The zero-order valence-corrected chi connectivity index (χ0v) is 25.2. The lowest BCUT2D eigenvalue weighted by molar-refractivity contribution is -0.949. The lowest BCUT2D eigenvalue weighted by Crippen LogP contribution is -2.63. The Morgan fingerprint density at radius 3 is 2.17 bits per heavy atom. The summed E-state index contributed by atoms with van der Waals surface area (Å²) < 4.78 is 6.54. The number of nitrogens with one attached hydrogen (secondary N) is 2. The number of benzene rings is 2. The van der Waals surface area contributed by atoms with E-state index in [0.29, 0.717) is 19.8 Å². The largest absolute Gasteiger partial charge is 0.369 e. The van der Waals surface area contributed by atoms with Crippen molar-refractivity contribution in [2.45, 2.75) is 78.8 Å². The number of carbonyl (C=O) groups is 2. The number of unbranched alkanes of at least 4 members (excludes halogenated alkanes) is 1. The van der Waals surface area contributed by atoms with Crippen molar-refractivity contribution in [3.8, 4) is 0 Å². The third-order valence-corrected chi connectivity index (χ3v) is 9.12. The molecule has 2 heterocycles. The number of morpholine rings is 1. The molecule has 2 N–H and O–H groups in total. The number of ether oxygens (including phenoxy) is 1. The SMILES string of the molecule is Cc1cccc(C)c1NC(=O)C[N+]1(CCCCN2CCCCC2C(=O)Nc2c(C)cccc2C)CCOCC1C. The van der Waals surface area contributed by atoms with Crippen LogP contribution in [0.1, 0.15) is 61.3 Å². The molecule has 2 aliphatic rings. The number of hydrogen-bond donors (Lipinski definition) is 2. The van der Waals surface area contributed by atoms with Crippen LogP contribution < -0.4 is 10.6 Å². The molecule has 2 aliphatic heterocycles. The number of hydrogen-bond acceptors (Lipinski definition) is 4. The Labute approximate surface area is 240 Å². The van der Waals surface area contributed by atoms with Crippen LogP contribution in [-0.4, -0.2) is 79.2 Å². The van der Waals surface area contributed by atoms with E-state index in [1.165, 1.54) is 0 Å². The fourth-order valence-corrected chi connectivity index (χ4v) is 6.52. The molecule has 0 bridgehead atoms. The van der Waals surface area contributed by atoms with Crippen molar-refractivity contribution in [3.63, 3.8) is 0 Å². The van der Waals surface area contributed by atoms with Gasteiger partial charge in [0.25, 0.3) is 5.91 Å². The Morgan fingerprint density at radius 1 is 0.925 bits per heavy atom. The zero-order valence-electron chi connectivity index (χ0n) is 25.2. The number of rotatable bonds is 10. The third kappa shape index (κ3) is 7.31. The number of anilines is 2. The van der Waals surface area contributed by atoms with Crippen molar-refractivity contribution < 1.29 is 18.8 Å². The summed E-state index contributed by atoms with van der Waals surface area (Å²) in [6.45, 7) is 15.9. The Bertz CT molecular complexity index is 1140. The molecule has 2 aromatic rings. The summed E-state index contributed by atoms with van der Waals surface area (Å²) >= 11 is 0. The molecule has 3 unspecified atom stereocenters. The number of quaternary nitrogens is 1. The zero-order chi connectivity index (χ0) is 28.7. The van der Waals surface area contributed by atoms with Gasteiger partial charge in [0.15, 0.2) is 6.54 Å². The minimum atomic E-state index is -0.0821. The number of carbonyl (C=O) groups excluding carboxylic acids is 2. The maximum Gasteiger partial charge on any atom is 0.279 e. The highest BCUT2D eigenvalue weighted by atomic mass is 16.5. The monoisotopic (exact) mass is 549 g/mol. The van der Waals surface area contributed by atoms with Crippen molar-refractivity contribution >= 4 is 23.2 Å². The van der Waals surface area contributed by atoms with Crippen LogP contribution in [0.25, 0.3) is 0 Å². The van der Waals surface area contributed by atoms with Gasteiger partial charge in [0.1, 0.15) is 12.6 Å². The molecule has 2 aromatic carbocycles. The van der Waals surface area contributed by atoms with Gasteiger partial charge in [0.05, 0.1) is 25.8 Å². The standard InChI is InChI=1S/C33H48N4O3/c1-24-12-10-13-25(2)31(24)34-30(38)22-37(20-21-40-23-28(37)5)19-9-8-18-36-17-7-6-16-29(36)33(39)35-32-26(3)14-11-15-27(32)4/h10-15,28-29H,6-9,16-23H2,1-5H3,(H-,34,35,38,39)/p+1. The van der Waals surface area contributed by atoms with E-state index in [4.69, 9.17) is 4.74 Å². The molecule has 4 rings (SSSR count). The van der Waals surface area contributed by atoms with Crippen molar-refractivity contribution in [2.24, 2.45) is 0 Å². The molecule has 2 fully saturated rings. The molecule has 3 atom stereocenters. The lowest BCUT2D eigenvalue weighted by atomic mass is 10.00. The smallest absolute Gasteiger partial charge is 0.279 e. The van der Waals surface area contributed by atoms with E-state index in [1.807, 2.05) is 38.1 Å². The van der Waals surface area contributed by atoms with Gasteiger partial charge >= 0.3 is 0 Å². The van der Waals surface area contributed by atoms with E-state index in [1.54, 1.807) is 0 Å². The fraction of sp³-hybridized carbons (Fsp3) is 0.576. The van der Waals surface area contributed by atoms with Crippen molar-refractivity contribution in [3.05, 3.63) is 58.7 Å². The normalized spacial score (nSPS) is 23.5. The molecule has 0 saturated carbocycles. The number of nitrogens with zero attached hydrogens (tertiary/aromatic N) is 2. The molecule has 2 amide bonds. The molecular weight excluding hydrogens is 500 g/mol. The number of aryl methyl sites for hydroxylation is 4. The fourth-order valence-electron chi connectivity index (χ4n) is 6.52. The van der Waals surface area contributed by atoms with Crippen LogP contribution in [0.15, 0.2) is 36.4 Å². The summed E-state index contributed by atoms with van der Waals surface area (Å²) in [4.78, 5) is 29.1. The van der Waals surface area contributed by atoms with E-state index in [2.05, 4.69) is 48.4 Å². The number of likely N-dealkylation sites (tertiary alicyclic amines) is 1. The minimum Gasteiger partial charge on any atom is -0.369 e. The van der Waals surface area contributed by atoms with E-state index < -0.39 is 0 Å². The summed E-state index contributed by atoms with van der Waals surface area (Å²) in [5, 5.41) is 6.45. The van der Waals surface area contributed by atoms with Gasteiger partial charge in [-0.1, -0.05) is 42.8 Å². The second-order valence-corrected chi connectivity index (χ2v) is 12.1. The van der Waals surface area contributed by atoms with Gasteiger partial charge < -0.3 is 19.9 Å². The minimum absolute atomic E-state index is 0.0745. The van der Waals surface area contributed by atoms with Crippen LogP contribution in [-0.2, 0) is 14.3 Å². The molecule has 218 valence electrons. The summed E-state index contributed by atoms with van der Waals surface area (Å²) in [7, 11) is 0. The van der Waals surface area contributed by atoms with Crippen molar-refractivity contribution in [1.29, 1.82) is 0 Å². The van der Waals surface area contributed by atoms with Crippen LogP contribution in [0, 0.1) is 27.7 Å². The van der Waals surface area contributed by atoms with Crippen molar-refractivity contribution in [2.75, 3.05) is 56.6 Å². The molecule has 7 nitrogen and oxygen atoms in total. The van der Waals surface area contributed by atoms with Gasteiger partial charge in [0.2, 0.25) is 5.91 Å². The predicted octanol–water partition coefficient (Wildman–Crippen LogP) is 5.37. The lowest BCUT2D eigenvalue weighted by Gasteiger charge is -2.46. The number of para-hydroxylation sites is 2. The molecular formula is C33H49N4O3+. The highest BCUT2D eigenvalue weighted by Crippen LogP contribution is 2.25. The topological polar surface area (TPSA) is 70.7 Å². The van der Waals surface area contributed by atoms with E-state index >= 15 is 0 Å². The van der Waals surface area contributed by atoms with E-state index in [0.717, 1.165) is 96.4 Å². The summed E-state index contributed by atoms with van der Waals surface area (Å²) in [5.41, 5.74) is 6.27. The molecule has 2 saturated heterocycles. The maximum atomic E-state index is 13.4. The molecule has 40 heavy (non-hydrogen) atoms. The Balaban J connectivity index is 1.35. The molecule has 0 radical (unpaired) electrons. The molecule has 0 aromatic heterocycles. The quantitative estimate of drug-likeness (QED) is 0.309. The van der Waals surface area contributed by atoms with Crippen LogP contribution in [0.4, 0.5) is 11.4 Å². The first-order valence-electron chi connectivity index (χ1n) is 15.1. The second-order valence-electron chi connectivity index (χ2n) is 12.1. The average Bonchev–Trinajstić information content (AvgIpc) is 2.93. The van der Waals surface area contributed by atoms with Crippen LogP contribution in [0.2, 0.25) is 0 Å². The van der Waals surface area contributed by atoms with Crippen LogP contribution in [0.3, 0.4) is 0 Å². The Hall–Kier alpha value is -2.74. The Morgan fingerprint density at radius 2 is 1.55 bits per heavy atom. The van der Waals surface area contributed by atoms with Gasteiger partial charge in [-0.15, -0.1) is 0 Å². The first-order valence-corrected chi connectivity index (χ1v) is 15.1. The van der Waals surface area contributed by atoms with E-state index in [9.17, 15) is 9.59 Å². The van der Waals surface area contributed by atoms with Crippen molar-refractivity contribution in [1.82, 2.24) is 4.90 Å². The van der Waals surface area contributed by atoms with Gasteiger partial charge in [-0.05, 0) is 95.6 Å². The highest BCUT2D eigenvalue weighted by molar-refractivity contribution is 5.96. The summed E-state index contributed by atoms with van der Waals surface area (Å²) in [5.74, 6) is 0.191. The van der Waals surface area contributed by atoms with Gasteiger partial charge in [-0.3, -0.25) is 14.5 Å². The average molecular weight is 550 g/mol. The van der Waals surface area contributed by atoms with Crippen LogP contribution in [0.5, 0.6) is 0 Å². The summed E-state index contributed by atoms with van der Waals surface area (Å²) in [6, 6.07) is 12.4. The highest BCUT2D eigenvalue weighted by Gasteiger charge is 2.39. The second kappa shape index (κ2) is 13.7. The van der Waals surface area contributed by atoms with Gasteiger partial charge in [-0.2, -0.15) is 0 Å². The predicted molar refractivity (Wildman–Crippen MR) is 163 cm³/mol. The third-order valence-electron chi connectivity index (χ3n) is 9.12. The van der Waals surface area contributed by atoms with Gasteiger partial charge in [0, 0.05) is 11.4 Å². The summed E-state index contributed by atoms with van der Waals surface area (Å²) in [6.07, 6.45) is 5.17. The Kier molecular flexibility index (Phi) is 10.4. The van der Waals surface area contributed by atoms with E-state index in [-0.39, 0.29) is 23.9 Å². The molecule has 0 aliphatic carbocycles.